The number of amides is 1. The molecule has 7 heteroatoms. The summed E-state index contributed by atoms with van der Waals surface area (Å²) < 4.78 is 7.33. The minimum Gasteiger partial charge on any atom is -0.368 e. The summed E-state index contributed by atoms with van der Waals surface area (Å²) in [6, 6.07) is 14.6. The first-order valence-electron chi connectivity index (χ1n) is 9.74. The first-order valence-corrected chi connectivity index (χ1v) is 10.1. The van der Waals surface area contributed by atoms with Gasteiger partial charge in [0.1, 0.15) is 11.9 Å². The smallest absolute Gasteiger partial charge is 0.249 e. The number of imidazole rings is 1. The van der Waals surface area contributed by atoms with Crippen LogP contribution in [0.15, 0.2) is 48.5 Å². The van der Waals surface area contributed by atoms with Crippen LogP contribution in [0.1, 0.15) is 29.0 Å². The highest BCUT2D eigenvalue weighted by Gasteiger charge is 2.23. The van der Waals surface area contributed by atoms with Crippen LogP contribution in [0.4, 0.5) is 0 Å². The zero-order valence-corrected chi connectivity index (χ0v) is 16.7. The van der Waals surface area contributed by atoms with Crippen molar-refractivity contribution in [3.05, 3.63) is 64.9 Å². The average Bonchev–Trinajstić information content (AvgIpc) is 3.37. The van der Waals surface area contributed by atoms with Crippen LogP contribution in [0.5, 0.6) is 0 Å². The highest BCUT2D eigenvalue weighted by atomic mass is 35.5. The Morgan fingerprint density at radius 3 is 2.72 bits per heavy atom. The van der Waals surface area contributed by atoms with E-state index < -0.39 is 0 Å². The van der Waals surface area contributed by atoms with Gasteiger partial charge in [0.2, 0.25) is 5.91 Å². The van der Waals surface area contributed by atoms with Gasteiger partial charge in [-0.05, 0) is 49.2 Å². The van der Waals surface area contributed by atoms with Crippen LogP contribution in [0, 0.1) is 0 Å². The van der Waals surface area contributed by atoms with Gasteiger partial charge in [0.25, 0.3) is 0 Å². The molecule has 4 rings (SSSR count). The second-order valence-corrected chi connectivity index (χ2v) is 7.51. The van der Waals surface area contributed by atoms with Crippen molar-refractivity contribution in [3.8, 4) is 0 Å². The Hall–Kier alpha value is -2.70. The van der Waals surface area contributed by atoms with Crippen molar-refractivity contribution < 1.29 is 14.3 Å². The maximum Gasteiger partial charge on any atom is 0.249 e. The standard InChI is InChI=1S/C22H22ClN3O3/c23-16-9-7-15(8-10-16)19(27)14-26-18-5-2-1-4-17(18)25-21(26)11-12-24-22(28)20-6-3-13-29-20/h1-2,4-5,7-10,20H,3,6,11-14H2,(H,24,28). The third-order valence-electron chi connectivity index (χ3n) is 5.07. The Balaban J connectivity index is 1.50. The molecule has 2 heterocycles. The van der Waals surface area contributed by atoms with Gasteiger partial charge in [-0.3, -0.25) is 9.59 Å². The Bertz CT molecular complexity index is 1020. The number of carbonyl (C=O) groups is 2. The number of hydrogen-bond donors (Lipinski definition) is 1. The average molecular weight is 412 g/mol. The summed E-state index contributed by atoms with van der Waals surface area (Å²) in [5.74, 6) is 0.665. The molecule has 1 N–H and O–H groups in total. The largest absolute Gasteiger partial charge is 0.368 e. The van der Waals surface area contributed by atoms with Crippen molar-refractivity contribution in [2.24, 2.45) is 0 Å². The van der Waals surface area contributed by atoms with Gasteiger partial charge in [0.05, 0.1) is 17.6 Å². The Morgan fingerprint density at radius 2 is 1.97 bits per heavy atom. The number of nitrogens with one attached hydrogen (secondary N) is 1. The molecule has 1 fully saturated rings. The number of nitrogens with zero attached hydrogens (tertiary/aromatic N) is 2. The number of halogens is 1. The van der Waals surface area contributed by atoms with Crippen LogP contribution < -0.4 is 5.32 Å². The fourth-order valence-corrected chi connectivity index (χ4v) is 3.69. The lowest BCUT2D eigenvalue weighted by Crippen LogP contribution is -2.35. The van der Waals surface area contributed by atoms with Crippen molar-refractivity contribution in [3.63, 3.8) is 0 Å². The predicted molar refractivity (Wildman–Crippen MR) is 111 cm³/mol. The number of ketones is 1. The second-order valence-electron chi connectivity index (χ2n) is 7.08. The molecule has 1 aliphatic heterocycles. The lowest BCUT2D eigenvalue weighted by atomic mass is 10.1. The summed E-state index contributed by atoms with van der Waals surface area (Å²) in [7, 11) is 0. The van der Waals surface area contributed by atoms with Crippen molar-refractivity contribution >= 4 is 34.3 Å². The van der Waals surface area contributed by atoms with E-state index in [0.29, 0.717) is 30.2 Å². The normalized spacial score (nSPS) is 16.2. The van der Waals surface area contributed by atoms with Crippen LogP contribution in [0.25, 0.3) is 11.0 Å². The predicted octanol–water partition coefficient (Wildman–Crippen LogP) is 3.41. The molecule has 3 aromatic rings. The first-order chi connectivity index (χ1) is 14.1. The summed E-state index contributed by atoms with van der Waals surface area (Å²) in [5.41, 5.74) is 2.33. The van der Waals surface area contributed by atoms with Gasteiger partial charge in [0, 0.05) is 30.2 Å². The van der Waals surface area contributed by atoms with E-state index >= 15 is 0 Å². The highest BCUT2D eigenvalue weighted by Crippen LogP contribution is 2.18. The fraction of sp³-hybridized carbons (Fsp3) is 0.318. The molecule has 1 aliphatic rings. The number of para-hydroxylation sites is 2. The molecule has 1 unspecified atom stereocenters. The number of benzene rings is 2. The van der Waals surface area contributed by atoms with Crippen molar-refractivity contribution in [2.75, 3.05) is 13.2 Å². The summed E-state index contributed by atoms with van der Waals surface area (Å²) in [4.78, 5) is 29.6. The zero-order chi connectivity index (χ0) is 20.2. The van der Waals surface area contributed by atoms with E-state index in [1.807, 2.05) is 28.8 Å². The van der Waals surface area contributed by atoms with Crippen LogP contribution in [0.2, 0.25) is 5.02 Å². The maximum absolute atomic E-state index is 12.8. The van der Waals surface area contributed by atoms with Gasteiger partial charge >= 0.3 is 0 Å². The molecule has 0 radical (unpaired) electrons. The molecule has 150 valence electrons. The number of aromatic nitrogens is 2. The minimum absolute atomic E-state index is 0.0190. The van der Waals surface area contributed by atoms with E-state index in [1.54, 1.807) is 24.3 Å². The Labute approximate surface area is 173 Å². The van der Waals surface area contributed by atoms with Crippen LogP contribution >= 0.6 is 11.6 Å². The summed E-state index contributed by atoms with van der Waals surface area (Å²) >= 11 is 5.92. The van der Waals surface area contributed by atoms with E-state index in [2.05, 4.69) is 10.3 Å². The summed E-state index contributed by atoms with van der Waals surface area (Å²) in [6.45, 7) is 1.26. The number of fused-ring (bicyclic) bond motifs is 1. The second kappa shape index (κ2) is 8.76. The van der Waals surface area contributed by atoms with E-state index in [-0.39, 0.29) is 24.3 Å². The Morgan fingerprint density at radius 1 is 1.17 bits per heavy atom. The number of ether oxygens (including phenoxy) is 1. The van der Waals surface area contributed by atoms with Crippen molar-refractivity contribution in [2.45, 2.75) is 31.9 Å². The van der Waals surface area contributed by atoms with Crippen LogP contribution in [-0.4, -0.2) is 40.5 Å². The lowest BCUT2D eigenvalue weighted by Gasteiger charge is -2.12. The Kier molecular flexibility index (Phi) is 5.92. The number of hydrogen-bond acceptors (Lipinski definition) is 4. The fourth-order valence-electron chi connectivity index (χ4n) is 3.56. The maximum atomic E-state index is 12.8. The third kappa shape index (κ3) is 4.49. The number of rotatable bonds is 7. The van der Waals surface area contributed by atoms with Gasteiger partial charge in [0.15, 0.2) is 5.78 Å². The molecule has 0 saturated carbocycles. The molecule has 0 bridgehead atoms. The topological polar surface area (TPSA) is 73.2 Å². The van der Waals surface area contributed by atoms with Crippen LogP contribution in [-0.2, 0) is 22.5 Å². The quantitative estimate of drug-likeness (QED) is 0.605. The van der Waals surface area contributed by atoms with Gasteiger partial charge < -0.3 is 14.6 Å². The third-order valence-corrected chi connectivity index (χ3v) is 5.32. The van der Waals surface area contributed by atoms with E-state index in [9.17, 15) is 9.59 Å². The first kappa shape index (κ1) is 19.6. The van der Waals surface area contributed by atoms with Gasteiger partial charge in [-0.1, -0.05) is 23.7 Å². The number of Topliss-reactive ketones (excluding diaryl/α,β-unsaturated/α-hetero) is 1. The van der Waals surface area contributed by atoms with Crippen molar-refractivity contribution in [1.29, 1.82) is 0 Å². The van der Waals surface area contributed by atoms with Crippen LogP contribution in [0.3, 0.4) is 0 Å². The minimum atomic E-state index is -0.347. The SMILES string of the molecule is O=C(Cn1c(CCNC(=O)C2CCCO2)nc2ccccc21)c1ccc(Cl)cc1. The molecular weight excluding hydrogens is 390 g/mol. The molecule has 0 aliphatic carbocycles. The lowest BCUT2D eigenvalue weighted by molar-refractivity contribution is -0.130. The summed E-state index contributed by atoms with van der Waals surface area (Å²) in [6.07, 6.45) is 1.86. The molecule has 6 nitrogen and oxygen atoms in total. The molecule has 1 saturated heterocycles. The van der Waals surface area contributed by atoms with E-state index in [1.165, 1.54) is 0 Å². The zero-order valence-electron chi connectivity index (χ0n) is 15.9. The summed E-state index contributed by atoms with van der Waals surface area (Å²) in [5, 5.41) is 3.51. The number of carbonyl (C=O) groups excluding carboxylic acids is 2. The van der Waals surface area contributed by atoms with Gasteiger partial charge in [-0.25, -0.2) is 4.98 Å². The molecule has 0 spiro atoms. The van der Waals surface area contributed by atoms with E-state index in [4.69, 9.17) is 16.3 Å². The molecule has 2 aromatic carbocycles. The van der Waals surface area contributed by atoms with Crippen molar-refractivity contribution in [1.82, 2.24) is 14.9 Å². The molecular formula is C22H22ClN3O3. The van der Waals surface area contributed by atoms with Gasteiger partial charge in [-0.15, -0.1) is 0 Å². The molecule has 29 heavy (non-hydrogen) atoms. The molecule has 1 amide bonds. The molecule has 1 atom stereocenters. The monoisotopic (exact) mass is 411 g/mol. The van der Waals surface area contributed by atoms with Gasteiger partial charge in [-0.2, -0.15) is 0 Å². The highest BCUT2D eigenvalue weighted by molar-refractivity contribution is 6.30. The van der Waals surface area contributed by atoms with E-state index in [0.717, 1.165) is 29.7 Å². The molecule has 1 aromatic heterocycles.